The summed E-state index contributed by atoms with van der Waals surface area (Å²) in [5, 5.41) is 9.73. The zero-order chi connectivity index (χ0) is 23.0. The van der Waals surface area contributed by atoms with Crippen molar-refractivity contribution in [3.05, 3.63) is 77.2 Å². The molecule has 1 aromatic heterocycles. The van der Waals surface area contributed by atoms with Crippen LogP contribution >= 0.6 is 0 Å². The third-order valence-corrected chi connectivity index (χ3v) is 5.38. The highest BCUT2D eigenvalue weighted by molar-refractivity contribution is 6.10. The van der Waals surface area contributed by atoms with Gasteiger partial charge in [0.15, 0.2) is 0 Å². The summed E-state index contributed by atoms with van der Waals surface area (Å²) in [6.45, 7) is 4.82. The summed E-state index contributed by atoms with van der Waals surface area (Å²) in [6.07, 6.45) is 0. The van der Waals surface area contributed by atoms with E-state index in [1.165, 1.54) is 31.2 Å². The summed E-state index contributed by atoms with van der Waals surface area (Å²) in [7, 11) is 0. The number of imide groups is 1. The normalized spacial score (nSPS) is 18.1. The summed E-state index contributed by atoms with van der Waals surface area (Å²) < 4.78 is 14.8. The Morgan fingerprint density at radius 2 is 1.75 bits per heavy atom. The molecule has 1 aliphatic heterocycles. The van der Waals surface area contributed by atoms with Gasteiger partial charge in [0.05, 0.1) is 11.4 Å². The van der Waals surface area contributed by atoms with Gasteiger partial charge < -0.3 is 10.6 Å². The molecule has 8 nitrogen and oxygen atoms in total. The van der Waals surface area contributed by atoms with Crippen LogP contribution in [0.1, 0.15) is 23.7 Å². The zero-order valence-corrected chi connectivity index (χ0v) is 17.8. The van der Waals surface area contributed by atoms with Gasteiger partial charge in [0.25, 0.3) is 5.91 Å². The van der Waals surface area contributed by atoms with Crippen LogP contribution in [0.4, 0.5) is 15.0 Å². The largest absolute Gasteiger partial charge is 0.325 e. The predicted octanol–water partition coefficient (Wildman–Crippen LogP) is 3.03. The maximum atomic E-state index is 13.3. The van der Waals surface area contributed by atoms with Crippen LogP contribution in [0.25, 0.3) is 5.69 Å². The number of urea groups is 1. The van der Waals surface area contributed by atoms with Crippen molar-refractivity contribution in [1.82, 2.24) is 20.0 Å². The first-order valence-electron chi connectivity index (χ1n) is 10.0. The van der Waals surface area contributed by atoms with Crippen molar-refractivity contribution in [3.63, 3.8) is 0 Å². The maximum Gasteiger partial charge on any atom is 0.325 e. The van der Waals surface area contributed by atoms with E-state index in [1.54, 1.807) is 17.7 Å². The molecule has 0 radical (unpaired) electrons. The number of aromatic nitrogens is 2. The Morgan fingerprint density at radius 3 is 2.41 bits per heavy atom. The van der Waals surface area contributed by atoms with Gasteiger partial charge in [-0.3, -0.25) is 14.5 Å². The van der Waals surface area contributed by atoms with Gasteiger partial charge in [-0.15, -0.1) is 0 Å². The fourth-order valence-corrected chi connectivity index (χ4v) is 3.62. The molecule has 2 N–H and O–H groups in total. The Labute approximate surface area is 184 Å². The van der Waals surface area contributed by atoms with Crippen molar-refractivity contribution in [2.24, 2.45) is 0 Å². The lowest BCUT2D eigenvalue weighted by Gasteiger charge is -2.22. The van der Waals surface area contributed by atoms with Crippen molar-refractivity contribution in [2.75, 3.05) is 11.9 Å². The molecule has 0 spiro atoms. The van der Waals surface area contributed by atoms with E-state index in [1.807, 2.05) is 31.2 Å². The predicted molar refractivity (Wildman–Crippen MR) is 116 cm³/mol. The first-order chi connectivity index (χ1) is 15.2. The minimum Gasteiger partial charge on any atom is -0.319 e. The standard InChI is InChI=1S/C23H22FN5O3/c1-14-4-10-18(11-5-14)29-19(12-15(2)27-29)25-20(30)13-28-21(31)23(3,26-22(28)32)16-6-8-17(24)9-7-16/h4-12H,13H2,1-3H3,(H,25,30)(H,26,32). The van der Waals surface area contributed by atoms with E-state index >= 15 is 0 Å². The maximum absolute atomic E-state index is 13.3. The molecule has 1 unspecified atom stereocenters. The van der Waals surface area contributed by atoms with E-state index in [2.05, 4.69) is 15.7 Å². The molecule has 3 aromatic rings. The van der Waals surface area contributed by atoms with Gasteiger partial charge in [0.2, 0.25) is 5.91 Å². The molecule has 2 heterocycles. The molecule has 4 amide bonds. The lowest BCUT2D eigenvalue weighted by Crippen LogP contribution is -2.42. The van der Waals surface area contributed by atoms with Gasteiger partial charge in [-0.2, -0.15) is 5.10 Å². The quantitative estimate of drug-likeness (QED) is 0.602. The minimum atomic E-state index is -1.38. The number of aryl methyl sites for hydroxylation is 2. The fraction of sp³-hybridized carbons (Fsp3) is 0.217. The van der Waals surface area contributed by atoms with Crippen LogP contribution in [-0.2, 0) is 15.1 Å². The SMILES string of the molecule is Cc1ccc(-n2nc(C)cc2NC(=O)CN2C(=O)NC(C)(c3ccc(F)cc3)C2=O)cc1. The molecular weight excluding hydrogens is 413 g/mol. The summed E-state index contributed by atoms with van der Waals surface area (Å²) in [6, 6.07) is 13.9. The smallest absolute Gasteiger partial charge is 0.319 e. The average molecular weight is 435 g/mol. The molecule has 2 aromatic carbocycles. The molecule has 9 heteroatoms. The van der Waals surface area contributed by atoms with E-state index < -0.39 is 35.7 Å². The molecule has 164 valence electrons. The van der Waals surface area contributed by atoms with Gasteiger partial charge in [-0.05, 0) is 50.6 Å². The summed E-state index contributed by atoms with van der Waals surface area (Å²) in [5.74, 6) is -1.17. The third kappa shape index (κ3) is 3.84. The van der Waals surface area contributed by atoms with E-state index in [0.29, 0.717) is 17.1 Å². The first kappa shape index (κ1) is 21.2. The highest BCUT2D eigenvalue weighted by Crippen LogP contribution is 2.29. The average Bonchev–Trinajstić information content (AvgIpc) is 3.21. The number of nitrogens with zero attached hydrogens (tertiary/aromatic N) is 3. The number of halogens is 1. The van der Waals surface area contributed by atoms with Crippen LogP contribution in [0.15, 0.2) is 54.6 Å². The number of carbonyl (C=O) groups excluding carboxylic acids is 3. The van der Waals surface area contributed by atoms with E-state index in [9.17, 15) is 18.8 Å². The number of anilines is 1. The lowest BCUT2D eigenvalue weighted by molar-refractivity contribution is -0.133. The van der Waals surface area contributed by atoms with Crippen molar-refractivity contribution in [1.29, 1.82) is 0 Å². The van der Waals surface area contributed by atoms with Crippen molar-refractivity contribution in [2.45, 2.75) is 26.3 Å². The van der Waals surface area contributed by atoms with Crippen LogP contribution in [-0.4, -0.2) is 39.1 Å². The van der Waals surface area contributed by atoms with Gasteiger partial charge in [-0.25, -0.2) is 13.9 Å². The first-order valence-corrected chi connectivity index (χ1v) is 10.0. The molecule has 4 rings (SSSR count). The van der Waals surface area contributed by atoms with Crippen LogP contribution in [0.2, 0.25) is 0 Å². The number of hydrogen-bond acceptors (Lipinski definition) is 4. The molecule has 1 aliphatic rings. The van der Waals surface area contributed by atoms with Gasteiger partial charge in [0, 0.05) is 6.07 Å². The van der Waals surface area contributed by atoms with Crippen LogP contribution in [0.3, 0.4) is 0 Å². The van der Waals surface area contributed by atoms with Gasteiger partial charge >= 0.3 is 6.03 Å². The molecule has 32 heavy (non-hydrogen) atoms. The highest BCUT2D eigenvalue weighted by Gasteiger charge is 2.49. The molecule has 1 atom stereocenters. The summed E-state index contributed by atoms with van der Waals surface area (Å²) in [5.41, 5.74) is 1.59. The molecular formula is C23H22FN5O3. The van der Waals surface area contributed by atoms with E-state index in [-0.39, 0.29) is 0 Å². The number of rotatable bonds is 5. The highest BCUT2D eigenvalue weighted by atomic mass is 19.1. The van der Waals surface area contributed by atoms with Gasteiger partial charge in [-0.1, -0.05) is 29.8 Å². The Hall–Kier alpha value is -4.01. The topological polar surface area (TPSA) is 96.3 Å². The molecule has 0 aliphatic carbocycles. The number of benzene rings is 2. The Morgan fingerprint density at radius 1 is 1.09 bits per heavy atom. The van der Waals surface area contributed by atoms with Crippen molar-refractivity contribution in [3.8, 4) is 5.69 Å². The zero-order valence-electron chi connectivity index (χ0n) is 17.8. The van der Waals surface area contributed by atoms with Crippen LogP contribution in [0.5, 0.6) is 0 Å². The monoisotopic (exact) mass is 435 g/mol. The molecule has 0 saturated carbocycles. The molecule has 0 bridgehead atoms. The van der Waals surface area contributed by atoms with Crippen LogP contribution in [0, 0.1) is 19.7 Å². The number of hydrogen-bond donors (Lipinski definition) is 2. The van der Waals surface area contributed by atoms with Crippen LogP contribution < -0.4 is 10.6 Å². The minimum absolute atomic E-state index is 0.421. The second-order valence-corrected chi connectivity index (χ2v) is 7.92. The van der Waals surface area contributed by atoms with Crippen molar-refractivity contribution < 1.29 is 18.8 Å². The summed E-state index contributed by atoms with van der Waals surface area (Å²) in [4.78, 5) is 39.0. The lowest BCUT2D eigenvalue weighted by atomic mass is 9.92. The fourth-order valence-electron chi connectivity index (χ4n) is 3.62. The Kier molecular flexibility index (Phi) is 5.25. The summed E-state index contributed by atoms with van der Waals surface area (Å²) >= 11 is 0. The van der Waals surface area contributed by atoms with Gasteiger partial charge in [0.1, 0.15) is 23.7 Å². The second-order valence-electron chi connectivity index (χ2n) is 7.92. The number of carbonyl (C=O) groups is 3. The second kappa shape index (κ2) is 7.92. The van der Waals surface area contributed by atoms with Crippen molar-refractivity contribution >= 4 is 23.7 Å². The molecule has 1 saturated heterocycles. The third-order valence-electron chi connectivity index (χ3n) is 5.38. The number of nitrogens with one attached hydrogen (secondary N) is 2. The Bertz CT molecular complexity index is 1200. The van der Waals surface area contributed by atoms with E-state index in [4.69, 9.17) is 0 Å². The molecule has 1 fully saturated rings. The Balaban J connectivity index is 1.51. The number of amides is 4. The van der Waals surface area contributed by atoms with E-state index in [0.717, 1.165) is 16.2 Å².